The highest BCUT2D eigenvalue weighted by atomic mass is 16.8. The van der Waals surface area contributed by atoms with Crippen LogP contribution in [0.4, 0.5) is 0 Å². The second-order valence-electron chi connectivity index (χ2n) is 11.3. The molecule has 20 atom stereocenters. The van der Waals surface area contributed by atoms with Crippen LogP contribution in [0.5, 0.6) is 0 Å². The van der Waals surface area contributed by atoms with Crippen LogP contribution < -0.4 is 0 Å². The van der Waals surface area contributed by atoms with Crippen molar-refractivity contribution in [3.8, 4) is 0 Å². The van der Waals surface area contributed by atoms with Gasteiger partial charge in [0.2, 0.25) is 0 Å². The molecule has 10 unspecified atom stereocenters. The maximum absolute atomic E-state index is 11.0. The Balaban J connectivity index is 1.47. The molecule has 44 heavy (non-hydrogen) atoms. The molecule has 0 aromatic rings. The molecule has 5 heterocycles. The molecule has 256 valence electrons. The van der Waals surface area contributed by atoms with Crippen LogP contribution in [0.2, 0.25) is 0 Å². The fraction of sp³-hybridized carbons (Fsp3) is 1.00. The molecule has 12 N–H and O–H groups in total. The van der Waals surface area contributed by atoms with Gasteiger partial charge in [-0.1, -0.05) is 0 Å². The van der Waals surface area contributed by atoms with Crippen molar-refractivity contribution in [1.82, 2.24) is 0 Å². The van der Waals surface area contributed by atoms with E-state index < -0.39 is 149 Å². The number of fused-ring (bicyclic) bond motifs is 8. The quantitative estimate of drug-likeness (QED) is 0.132. The summed E-state index contributed by atoms with van der Waals surface area (Å²) in [6.45, 7) is -2.95. The molecule has 5 rings (SSSR count). The number of hydrogen-bond donors (Lipinski definition) is 12. The van der Waals surface area contributed by atoms with Gasteiger partial charge in [0.25, 0.3) is 0 Å². The second-order valence-corrected chi connectivity index (χ2v) is 11.3. The minimum atomic E-state index is -1.93. The molecule has 0 spiro atoms. The van der Waals surface area contributed by atoms with Gasteiger partial charge in [0, 0.05) is 0 Å². The van der Waals surface area contributed by atoms with Gasteiger partial charge < -0.3 is 99.2 Å². The molecule has 5 aliphatic heterocycles. The van der Waals surface area contributed by atoms with Gasteiger partial charge in [0.15, 0.2) is 25.2 Å². The van der Waals surface area contributed by atoms with E-state index in [-0.39, 0.29) is 0 Å². The topological polar surface area (TPSA) is 317 Å². The molecule has 20 heteroatoms. The van der Waals surface area contributed by atoms with Gasteiger partial charge in [-0.25, -0.2) is 0 Å². The first-order valence-electron chi connectivity index (χ1n) is 14.1. The molecule has 0 aromatic carbocycles. The largest absolute Gasteiger partial charge is 0.394 e. The monoisotopic (exact) mass is 648 g/mol. The van der Waals surface area contributed by atoms with Gasteiger partial charge >= 0.3 is 0 Å². The predicted octanol–water partition coefficient (Wildman–Crippen LogP) is -8.70. The Morgan fingerprint density at radius 3 is 1.07 bits per heavy atom. The van der Waals surface area contributed by atoms with E-state index in [0.29, 0.717) is 0 Å². The molecule has 5 saturated heterocycles. The number of hydrogen-bond acceptors (Lipinski definition) is 20. The van der Waals surface area contributed by atoms with Crippen molar-refractivity contribution in [2.24, 2.45) is 0 Å². The van der Waals surface area contributed by atoms with Crippen molar-refractivity contribution in [2.75, 3.05) is 26.4 Å². The third-order valence-corrected chi connectivity index (χ3v) is 8.41. The summed E-state index contributed by atoms with van der Waals surface area (Å²) in [7, 11) is 0. The van der Waals surface area contributed by atoms with Crippen LogP contribution in [0, 0.1) is 0 Å². The van der Waals surface area contributed by atoms with Crippen LogP contribution in [0.3, 0.4) is 0 Å². The zero-order valence-electron chi connectivity index (χ0n) is 23.0. The molecule has 0 amide bonds. The van der Waals surface area contributed by atoms with Gasteiger partial charge in [-0.15, -0.1) is 0 Å². The van der Waals surface area contributed by atoms with Gasteiger partial charge in [-0.2, -0.15) is 0 Å². The minimum Gasteiger partial charge on any atom is -0.394 e. The maximum Gasteiger partial charge on any atom is 0.187 e. The molecule has 0 aliphatic carbocycles. The van der Waals surface area contributed by atoms with Crippen LogP contribution in [-0.4, -0.2) is 211 Å². The number of aliphatic hydroxyl groups excluding tert-OH is 12. The first-order valence-corrected chi connectivity index (χ1v) is 14.1. The van der Waals surface area contributed by atoms with E-state index in [1.807, 2.05) is 0 Å². The van der Waals surface area contributed by atoms with Crippen molar-refractivity contribution in [3.63, 3.8) is 0 Å². The van der Waals surface area contributed by atoms with Crippen molar-refractivity contribution in [2.45, 2.75) is 123 Å². The molecule has 5 fully saturated rings. The van der Waals surface area contributed by atoms with E-state index in [4.69, 9.17) is 37.9 Å². The maximum atomic E-state index is 11.0. The fourth-order valence-corrected chi connectivity index (χ4v) is 5.73. The molecular weight excluding hydrogens is 608 g/mol. The van der Waals surface area contributed by atoms with Crippen molar-refractivity contribution in [3.05, 3.63) is 0 Å². The fourth-order valence-electron chi connectivity index (χ4n) is 5.73. The average molecular weight is 649 g/mol. The molecular formula is C24H40O20. The first-order chi connectivity index (χ1) is 20.9. The summed E-state index contributed by atoms with van der Waals surface area (Å²) < 4.78 is 44.3. The highest BCUT2D eigenvalue weighted by Crippen LogP contribution is 2.33. The Morgan fingerprint density at radius 1 is 0.364 bits per heavy atom. The lowest BCUT2D eigenvalue weighted by Gasteiger charge is -2.48. The lowest BCUT2D eigenvalue weighted by Crippen LogP contribution is -2.67. The van der Waals surface area contributed by atoms with Gasteiger partial charge in [-0.3, -0.25) is 0 Å². The Hall–Kier alpha value is -0.800. The SMILES string of the molecule is OCC1OC2OCC3O[C@H](O[C@@H]4C(O)C(OCC5O[C@H](O[C@H](C2O)[C@@H]1O)C(O)[C@@H](O)[C@@H]5O)OC(CO)[C@H]4O)C(O)[C@@H](O)[C@@H]3O. The summed E-state index contributed by atoms with van der Waals surface area (Å²) in [5.74, 6) is 0. The van der Waals surface area contributed by atoms with E-state index in [1.165, 1.54) is 0 Å². The van der Waals surface area contributed by atoms with E-state index >= 15 is 0 Å². The number of rotatable bonds is 2. The van der Waals surface area contributed by atoms with Crippen LogP contribution in [0.1, 0.15) is 0 Å². The molecule has 0 radical (unpaired) electrons. The Labute approximate surface area is 249 Å². The van der Waals surface area contributed by atoms with Crippen LogP contribution in [0.15, 0.2) is 0 Å². The summed E-state index contributed by atoms with van der Waals surface area (Å²) in [4.78, 5) is 0. The van der Waals surface area contributed by atoms with Crippen LogP contribution in [0.25, 0.3) is 0 Å². The van der Waals surface area contributed by atoms with Crippen molar-refractivity contribution >= 4 is 0 Å². The molecule has 0 saturated carbocycles. The molecule has 8 bridgehead atoms. The third-order valence-electron chi connectivity index (χ3n) is 8.41. The van der Waals surface area contributed by atoms with Crippen molar-refractivity contribution < 1.29 is 99.2 Å². The first kappa shape index (κ1) is 34.5. The molecule has 20 nitrogen and oxygen atoms in total. The highest BCUT2D eigenvalue weighted by molar-refractivity contribution is 4.97. The van der Waals surface area contributed by atoms with E-state index in [2.05, 4.69) is 0 Å². The van der Waals surface area contributed by atoms with E-state index in [1.54, 1.807) is 0 Å². The average Bonchev–Trinajstić information content (AvgIpc) is 3.01. The number of ether oxygens (including phenoxy) is 8. The van der Waals surface area contributed by atoms with Gasteiger partial charge in [0.1, 0.15) is 97.7 Å². The zero-order valence-corrected chi connectivity index (χ0v) is 23.0. The molecule has 0 aromatic heterocycles. The van der Waals surface area contributed by atoms with Crippen LogP contribution >= 0.6 is 0 Å². The predicted molar refractivity (Wildman–Crippen MR) is 131 cm³/mol. The minimum absolute atomic E-state index is 0.674. The van der Waals surface area contributed by atoms with Gasteiger partial charge in [0.05, 0.1) is 26.4 Å². The normalized spacial score (nSPS) is 55.9. The Morgan fingerprint density at radius 2 is 0.727 bits per heavy atom. The summed E-state index contributed by atoms with van der Waals surface area (Å²) in [5, 5.41) is 126. The second kappa shape index (κ2) is 14.1. The summed E-state index contributed by atoms with van der Waals surface area (Å²) in [5.41, 5.74) is 0. The third kappa shape index (κ3) is 6.50. The van der Waals surface area contributed by atoms with E-state index in [9.17, 15) is 61.3 Å². The summed E-state index contributed by atoms with van der Waals surface area (Å²) >= 11 is 0. The lowest BCUT2D eigenvalue weighted by atomic mass is 9.96. The summed E-state index contributed by atoms with van der Waals surface area (Å²) in [6, 6.07) is 0. The highest BCUT2D eigenvalue weighted by Gasteiger charge is 2.54. The number of aliphatic hydroxyl groups is 12. The molecule has 5 aliphatic rings. The van der Waals surface area contributed by atoms with E-state index in [0.717, 1.165) is 0 Å². The summed E-state index contributed by atoms with van der Waals surface area (Å²) in [6.07, 6.45) is -34.8. The lowest BCUT2D eigenvalue weighted by molar-refractivity contribution is -0.383. The van der Waals surface area contributed by atoms with Crippen LogP contribution in [-0.2, 0) is 37.9 Å². The zero-order chi connectivity index (χ0) is 32.0. The van der Waals surface area contributed by atoms with Gasteiger partial charge in [-0.05, 0) is 0 Å². The van der Waals surface area contributed by atoms with Crippen molar-refractivity contribution in [1.29, 1.82) is 0 Å². The standard InChI is InChI=1S/C24H40O20/c25-1-5-11(29)19-17(35)21(39-5)37-3-7-9(27)14(32)16(34)24(42-7)44-20-12(30)6(2-26)40-22(18(20)36)38-4-8-10(28)13(31)15(33)23(41-8)43-19/h5-36H,1-4H2/t5?,6?,7?,8?,9-,10-,11-,12-,13+,14+,15?,16?,17?,18?,19+,20+,21?,22?,23-,24-/m1/s1. The Bertz CT molecular complexity index is 860. The smallest absolute Gasteiger partial charge is 0.187 e. The Kier molecular flexibility index (Phi) is 11.1.